The molecule has 2 nitrogen and oxygen atoms in total. The summed E-state index contributed by atoms with van der Waals surface area (Å²) < 4.78 is 0. The molecule has 4 aromatic carbocycles. The summed E-state index contributed by atoms with van der Waals surface area (Å²) in [4.78, 5) is 0. The highest BCUT2D eigenvalue weighted by molar-refractivity contribution is 5.44. The number of rotatable bonds is 4. The second kappa shape index (κ2) is 15.4. The molecule has 168 valence electrons. The maximum Gasteiger partial charge on any atom is 0.0400 e. The van der Waals surface area contributed by atoms with Gasteiger partial charge in [-0.05, 0) is 44.0 Å². The molecular formula is C30H38N2. The highest BCUT2D eigenvalue weighted by Gasteiger charge is 1.92. The lowest BCUT2D eigenvalue weighted by molar-refractivity contribution is 1.07. The van der Waals surface area contributed by atoms with Crippen molar-refractivity contribution in [3.05, 3.63) is 137 Å². The van der Waals surface area contributed by atoms with Gasteiger partial charge in [0.1, 0.15) is 0 Å². The summed E-state index contributed by atoms with van der Waals surface area (Å²) in [6.45, 7) is 7.81. The number of hydrogen-bond acceptors (Lipinski definition) is 2. The molecular weight excluding hydrogens is 388 g/mol. The maximum atomic E-state index is 5.35. The largest absolute Gasteiger partial charge is 0.381 e. The molecule has 0 unspecified atom stereocenters. The van der Waals surface area contributed by atoms with E-state index in [4.69, 9.17) is 5.73 Å². The van der Waals surface area contributed by atoms with Crippen LogP contribution in [0.1, 0.15) is 35.2 Å². The third-order valence-electron chi connectivity index (χ3n) is 4.69. The first-order valence-corrected chi connectivity index (χ1v) is 10.7. The van der Waals surface area contributed by atoms with Crippen LogP contribution in [0.4, 0.5) is 5.69 Å². The smallest absolute Gasteiger partial charge is 0.0400 e. The molecule has 2 heteroatoms. The summed E-state index contributed by atoms with van der Waals surface area (Å²) in [7, 11) is 0. The van der Waals surface area contributed by atoms with Crippen molar-refractivity contribution in [3.63, 3.8) is 0 Å². The third kappa shape index (κ3) is 11.1. The molecule has 0 fully saturated rings. The van der Waals surface area contributed by atoms with E-state index in [0.717, 1.165) is 6.54 Å². The van der Waals surface area contributed by atoms with Gasteiger partial charge in [-0.1, -0.05) is 121 Å². The number of nitrogens with one attached hydrogen (secondary N) is 1. The SMILES string of the molecule is C.Cc1ccc(C)cc1.Cc1ccc(NCc2ccccc2)cc1.NCc1ccccc1. The Balaban J connectivity index is 0.000000257. The highest BCUT2D eigenvalue weighted by Crippen LogP contribution is 2.10. The van der Waals surface area contributed by atoms with E-state index in [1.165, 1.54) is 33.5 Å². The van der Waals surface area contributed by atoms with E-state index in [1.807, 2.05) is 36.4 Å². The molecule has 0 bridgehead atoms. The number of aryl methyl sites for hydroxylation is 3. The summed E-state index contributed by atoms with van der Waals surface area (Å²) in [6.07, 6.45) is 0. The van der Waals surface area contributed by atoms with Gasteiger partial charge in [0.15, 0.2) is 0 Å². The molecule has 0 aliphatic rings. The summed E-state index contributed by atoms with van der Waals surface area (Å²) in [5.74, 6) is 0. The Labute approximate surface area is 195 Å². The van der Waals surface area contributed by atoms with Crippen LogP contribution in [0.2, 0.25) is 0 Å². The Hall–Kier alpha value is -3.36. The molecule has 0 heterocycles. The van der Waals surface area contributed by atoms with Crippen molar-refractivity contribution in [2.45, 2.75) is 41.3 Å². The molecule has 0 aromatic heterocycles. The normalized spacial score (nSPS) is 9.25. The van der Waals surface area contributed by atoms with Gasteiger partial charge in [0.25, 0.3) is 0 Å². The minimum Gasteiger partial charge on any atom is -0.381 e. The number of anilines is 1. The van der Waals surface area contributed by atoms with Gasteiger partial charge >= 0.3 is 0 Å². The lowest BCUT2D eigenvalue weighted by Crippen LogP contribution is -1.98. The molecule has 3 N–H and O–H groups in total. The second-order valence-corrected chi connectivity index (χ2v) is 7.55. The van der Waals surface area contributed by atoms with Gasteiger partial charge in [-0.2, -0.15) is 0 Å². The first-order chi connectivity index (χ1) is 15.1. The fraction of sp³-hybridized carbons (Fsp3) is 0.200. The van der Waals surface area contributed by atoms with Crippen molar-refractivity contribution in [2.75, 3.05) is 5.32 Å². The summed E-state index contributed by atoms with van der Waals surface area (Å²) in [5, 5.41) is 3.39. The minimum absolute atomic E-state index is 0. The molecule has 4 rings (SSSR count). The quantitative estimate of drug-likeness (QED) is 0.351. The molecule has 0 radical (unpaired) electrons. The zero-order chi connectivity index (χ0) is 22.3. The van der Waals surface area contributed by atoms with Gasteiger partial charge in [-0.15, -0.1) is 0 Å². The highest BCUT2D eigenvalue weighted by atomic mass is 14.9. The Morgan fingerprint density at radius 1 is 0.531 bits per heavy atom. The van der Waals surface area contributed by atoms with E-state index in [9.17, 15) is 0 Å². The molecule has 4 aromatic rings. The maximum absolute atomic E-state index is 5.35. The fourth-order valence-corrected chi connectivity index (χ4v) is 2.72. The first-order valence-electron chi connectivity index (χ1n) is 10.7. The predicted octanol–water partition coefficient (Wildman–Crippen LogP) is 7.69. The van der Waals surface area contributed by atoms with E-state index in [2.05, 4.69) is 98.9 Å². The van der Waals surface area contributed by atoms with Crippen molar-refractivity contribution < 1.29 is 0 Å². The lowest BCUT2D eigenvalue weighted by atomic mass is 10.2. The fourth-order valence-electron chi connectivity index (χ4n) is 2.72. The summed E-state index contributed by atoms with van der Waals surface area (Å²) in [5.41, 5.74) is 13.0. The Morgan fingerprint density at radius 3 is 1.28 bits per heavy atom. The number of benzene rings is 4. The number of nitrogens with two attached hydrogens (primary N) is 1. The minimum atomic E-state index is 0. The van der Waals surface area contributed by atoms with Crippen LogP contribution in [0.25, 0.3) is 0 Å². The summed E-state index contributed by atoms with van der Waals surface area (Å²) in [6, 6.07) is 37.3. The van der Waals surface area contributed by atoms with Gasteiger partial charge in [0.05, 0.1) is 0 Å². The van der Waals surface area contributed by atoms with Crippen molar-refractivity contribution in [3.8, 4) is 0 Å². The zero-order valence-electron chi connectivity index (χ0n) is 18.9. The van der Waals surface area contributed by atoms with E-state index < -0.39 is 0 Å². The first kappa shape index (κ1) is 26.7. The van der Waals surface area contributed by atoms with Crippen LogP contribution in [0.15, 0.2) is 109 Å². The van der Waals surface area contributed by atoms with Crippen molar-refractivity contribution in [1.29, 1.82) is 0 Å². The molecule has 0 saturated heterocycles. The molecule has 0 amide bonds. The number of hydrogen-bond donors (Lipinski definition) is 2. The Kier molecular flexibility index (Phi) is 12.9. The molecule has 0 aliphatic carbocycles. The van der Waals surface area contributed by atoms with E-state index in [0.29, 0.717) is 6.54 Å². The zero-order valence-corrected chi connectivity index (χ0v) is 18.9. The molecule has 0 atom stereocenters. The van der Waals surface area contributed by atoms with Crippen molar-refractivity contribution >= 4 is 5.69 Å². The van der Waals surface area contributed by atoms with Crippen LogP contribution in [-0.4, -0.2) is 0 Å². The Bertz CT molecular complexity index is 940. The van der Waals surface area contributed by atoms with Gasteiger partial charge in [0, 0.05) is 18.8 Å². The third-order valence-corrected chi connectivity index (χ3v) is 4.69. The monoisotopic (exact) mass is 426 g/mol. The van der Waals surface area contributed by atoms with Crippen LogP contribution >= 0.6 is 0 Å². The molecule has 32 heavy (non-hydrogen) atoms. The van der Waals surface area contributed by atoms with E-state index >= 15 is 0 Å². The van der Waals surface area contributed by atoms with Crippen LogP contribution < -0.4 is 11.1 Å². The van der Waals surface area contributed by atoms with E-state index in [-0.39, 0.29) is 7.43 Å². The molecule has 0 aliphatic heterocycles. The second-order valence-electron chi connectivity index (χ2n) is 7.55. The van der Waals surface area contributed by atoms with Crippen LogP contribution in [0, 0.1) is 20.8 Å². The lowest BCUT2D eigenvalue weighted by Gasteiger charge is -2.06. The molecule has 0 spiro atoms. The van der Waals surface area contributed by atoms with Crippen molar-refractivity contribution in [1.82, 2.24) is 0 Å². The average molecular weight is 427 g/mol. The van der Waals surface area contributed by atoms with Crippen LogP contribution in [0.3, 0.4) is 0 Å². The van der Waals surface area contributed by atoms with Gasteiger partial charge in [-0.25, -0.2) is 0 Å². The topological polar surface area (TPSA) is 38.0 Å². The van der Waals surface area contributed by atoms with Crippen LogP contribution in [-0.2, 0) is 13.1 Å². The average Bonchev–Trinajstić information content (AvgIpc) is 2.83. The van der Waals surface area contributed by atoms with E-state index in [1.54, 1.807) is 0 Å². The predicted molar refractivity (Wildman–Crippen MR) is 142 cm³/mol. The van der Waals surface area contributed by atoms with Gasteiger partial charge in [-0.3, -0.25) is 0 Å². The standard InChI is InChI=1S/C14H15N.C8H10.C7H9N.CH4/c1-12-7-9-14(10-8-12)15-11-13-5-3-2-4-6-13;1-7-3-5-8(2)6-4-7;8-6-7-4-2-1-3-5-7;/h2-10,15H,11H2,1H3;3-6H,1-2H3;1-5H,6,8H2;1H4. The summed E-state index contributed by atoms with van der Waals surface area (Å²) >= 11 is 0. The Morgan fingerprint density at radius 2 is 0.906 bits per heavy atom. The van der Waals surface area contributed by atoms with Gasteiger partial charge in [0.2, 0.25) is 0 Å². The van der Waals surface area contributed by atoms with Gasteiger partial charge < -0.3 is 11.1 Å². The van der Waals surface area contributed by atoms with Crippen molar-refractivity contribution in [2.24, 2.45) is 5.73 Å². The van der Waals surface area contributed by atoms with Crippen LogP contribution in [0.5, 0.6) is 0 Å². The molecule has 0 saturated carbocycles.